The van der Waals surface area contributed by atoms with Crippen LogP contribution in [0.4, 0.5) is 4.79 Å². The molecule has 0 unspecified atom stereocenters. The van der Waals surface area contributed by atoms with Gasteiger partial charge in [-0.1, -0.05) is 0 Å². The second-order valence-corrected chi connectivity index (χ2v) is 7.39. The summed E-state index contributed by atoms with van der Waals surface area (Å²) in [4.78, 5) is 17.5. The predicted octanol–water partition coefficient (Wildman–Crippen LogP) is 1.60. The molecule has 1 aromatic carbocycles. The van der Waals surface area contributed by atoms with E-state index in [4.69, 9.17) is 9.15 Å². The number of aromatic nitrogens is 1. The highest BCUT2D eigenvalue weighted by Crippen LogP contribution is 2.23. The molecule has 1 aliphatic heterocycles. The molecule has 0 atom stereocenters. The molecule has 1 fully saturated rings. The van der Waals surface area contributed by atoms with E-state index in [1.54, 1.807) is 19.9 Å². The smallest absolute Gasteiger partial charge is 0.409 e. The number of sulfonamides is 1. The number of carbonyl (C=O) groups is 1. The summed E-state index contributed by atoms with van der Waals surface area (Å²) < 4.78 is 37.2. The van der Waals surface area contributed by atoms with E-state index in [9.17, 15) is 13.2 Å². The van der Waals surface area contributed by atoms with Crippen molar-refractivity contribution >= 4 is 27.2 Å². The fraction of sp³-hybridized carbons (Fsp3) is 0.467. The predicted molar refractivity (Wildman–Crippen MR) is 86.1 cm³/mol. The number of oxazole rings is 1. The lowest BCUT2D eigenvalue weighted by molar-refractivity contribution is 0.0934. The minimum Gasteiger partial charge on any atom is -0.450 e. The van der Waals surface area contributed by atoms with Crippen LogP contribution in [0, 0.1) is 6.92 Å². The summed E-state index contributed by atoms with van der Waals surface area (Å²) in [6.45, 7) is 4.82. The zero-order chi connectivity index (χ0) is 17.3. The van der Waals surface area contributed by atoms with Gasteiger partial charge in [0.25, 0.3) is 0 Å². The number of rotatable bonds is 3. The maximum atomic E-state index is 12.8. The third-order valence-corrected chi connectivity index (χ3v) is 5.76. The van der Waals surface area contributed by atoms with E-state index in [2.05, 4.69) is 4.98 Å². The molecule has 2 heterocycles. The average molecular weight is 353 g/mol. The molecule has 1 aromatic heterocycles. The highest BCUT2D eigenvalue weighted by atomic mass is 32.2. The van der Waals surface area contributed by atoms with Crippen molar-refractivity contribution in [1.82, 2.24) is 14.2 Å². The second kappa shape index (κ2) is 6.40. The van der Waals surface area contributed by atoms with Gasteiger partial charge in [-0.3, -0.25) is 0 Å². The number of ether oxygens (including phenoxy) is 1. The van der Waals surface area contributed by atoms with Crippen LogP contribution in [0.1, 0.15) is 12.8 Å². The zero-order valence-corrected chi connectivity index (χ0v) is 14.4. The normalized spacial score (nSPS) is 16.5. The third-order valence-electron chi connectivity index (χ3n) is 3.87. The monoisotopic (exact) mass is 353 g/mol. The topological polar surface area (TPSA) is 93.0 Å². The minimum absolute atomic E-state index is 0.163. The summed E-state index contributed by atoms with van der Waals surface area (Å²) in [5.41, 5.74) is 1.07. The fourth-order valence-electron chi connectivity index (χ4n) is 2.66. The molecule has 0 radical (unpaired) electrons. The van der Waals surface area contributed by atoms with Gasteiger partial charge in [-0.05, 0) is 19.1 Å². The molecule has 0 saturated carbocycles. The highest BCUT2D eigenvalue weighted by Gasteiger charge is 2.31. The van der Waals surface area contributed by atoms with E-state index in [-0.39, 0.29) is 18.0 Å². The zero-order valence-electron chi connectivity index (χ0n) is 13.6. The minimum atomic E-state index is -3.64. The Kier molecular flexibility index (Phi) is 4.46. The lowest BCUT2D eigenvalue weighted by Crippen LogP contribution is -2.50. The molecule has 3 rings (SSSR count). The summed E-state index contributed by atoms with van der Waals surface area (Å²) in [7, 11) is -3.64. The lowest BCUT2D eigenvalue weighted by Gasteiger charge is -2.33. The van der Waals surface area contributed by atoms with Crippen LogP contribution in [-0.2, 0) is 14.8 Å². The van der Waals surface area contributed by atoms with Crippen molar-refractivity contribution in [3.8, 4) is 0 Å². The second-order valence-electron chi connectivity index (χ2n) is 5.45. The molecule has 0 aliphatic carbocycles. The molecule has 0 N–H and O–H groups in total. The number of hydrogen-bond acceptors (Lipinski definition) is 6. The maximum absolute atomic E-state index is 12.8. The van der Waals surface area contributed by atoms with Gasteiger partial charge in [0.1, 0.15) is 5.52 Å². The lowest BCUT2D eigenvalue weighted by atomic mass is 10.3. The number of fused-ring (bicyclic) bond motifs is 1. The van der Waals surface area contributed by atoms with Crippen molar-refractivity contribution in [1.29, 1.82) is 0 Å². The van der Waals surface area contributed by atoms with E-state index in [0.717, 1.165) is 0 Å². The Morgan fingerprint density at radius 1 is 1.29 bits per heavy atom. The van der Waals surface area contributed by atoms with Crippen molar-refractivity contribution in [2.75, 3.05) is 32.8 Å². The summed E-state index contributed by atoms with van der Waals surface area (Å²) in [5, 5.41) is 0. The fourth-order valence-corrected chi connectivity index (χ4v) is 4.09. The number of piperazine rings is 1. The van der Waals surface area contributed by atoms with E-state index >= 15 is 0 Å². The molecule has 130 valence electrons. The Labute approximate surface area is 140 Å². The third kappa shape index (κ3) is 3.09. The molecule has 0 spiro atoms. The van der Waals surface area contributed by atoms with Crippen molar-refractivity contribution in [3.63, 3.8) is 0 Å². The SMILES string of the molecule is CCOC(=O)N1CCN(S(=O)(=O)c2ccc3nc(C)oc3c2)CC1. The summed E-state index contributed by atoms with van der Waals surface area (Å²) in [6.07, 6.45) is -0.409. The van der Waals surface area contributed by atoms with Gasteiger partial charge >= 0.3 is 6.09 Å². The van der Waals surface area contributed by atoms with Crippen LogP contribution in [0.15, 0.2) is 27.5 Å². The molecule has 24 heavy (non-hydrogen) atoms. The first-order chi connectivity index (χ1) is 11.4. The van der Waals surface area contributed by atoms with E-state index < -0.39 is 16.1 Å². The first-order valence-electron chi connectivity index (χ1n) is 7.71. The van der Waals surface area contributed by atoms with Gasteiger partial charge in [0.2, 0.25) is 10.0 Å². The van der Waals surface area contributed by atoms with Gasteiger partial charge in [0.15, 0.2) is 11.5 Å². The van der Waals surface area contributed by atoms with E-state index in [1.807, 2.05) is 0 Å². The molecule has 1 aliphatic rings. The molecule has 1 amide bonds. The van der Waals surface area contributed by atoms with Crippen molar-refractivity contribution in [2.45, 2.75) is 18.7 Å². The van der Waals surface area contributed by atoms with Crippen molar-refractivity contribution in [2.24, 2.45) is 0 Å². The number of carbonyl (C=O) groups excluding carboxylic acids is 1. The van der Waals surface area contributed by atoms with Crippen molar-refractivity contribution in [3.05, 3.63) is 24.1 Å². The Hall–Kier alpha value is -2.13. The number of aryl methyl sites for hydroxylation is 1. The quantitative estimate of drug-likeness (QED) is 0.832. The van der Waals surface area contributed by atoms with Gasteiger partial charge < -0.3 is 14.1 Å². The molecule has 0 bridgehead atoms. The molecular weight excluding hydrogens is 334 g/mol. The van der Waals surface area contributed by atoms with Crippen LogP contribution in [0.3, 0.4) is 0 Å². The number of hydrogen-bond donors (Lipinski definition) is 0. The van der Waals surface area contributed by atoms with Gasteiger partial charge in [-0.25, -0.2) is 18.2 Å². The van der Waals surface area contributed by atoms with Gasteiger partial charge in [-0.2, -0.15) is 4.31 Å². The van der Waals surface area contributed by atoms with Gasteiger partial charge in [-0.15, -0.1) is 0 Å². The number of nitrogens with zero attached hydrogens (tertiary/aromatic N) is 3. The first kappa shape index (κ1) is 16.7. The largest absolute Gasteiger partial charge is 0.450 e. The van der Waals surface area contributed by atoms with Crippen LogP contribution in [0.25, 0.3) is 11.1 Å². The summed E-state index contributed by atoms with van der Waals surface area (Å²) >= 11 is 0. The van der Waals surface area contributed by atoms with Gasteiger partial charge in [0, 0.05) is 39.2 Å². The average Bonchev–Trinajstić information content (AvgIpc) is 2.94. The summed E-state index contributed by atoms with van der Waals surface area (Å²) in [6, 6.07) is 4.65. The number of benzene rings is 1. The Morgan fingerprint density at radius 2 is 2.00 bits per heavy atom. The van der Waals surface area contributed by atoms with Crippen molar-refractivity contribution < 1.29 is 22.4 Å². The number of amides is 1. The van der Waals surface area contributed by atoms with Crippen LogP contribution in [-0.4, -0.2) is 61.5 Å². The van der Waals surface area contributed by atoms with E-state index in [0.29, 0.717) is 36.7 Å². The first-order valence-corrected chi connectivity index (χ1v) is 9.15. The maximum Gasteiger partial charge on any atom is 0.409 e. The molecule has 9 heteroatoms. The van der Waals surface area contributed by atoms with Crippen LogP contribution < -0.4 is 0 Å². The molecular formula is C15H19N3O5S. The van der Waals surface area contributed by atoms with Crippen LogP contribution in [0.2, 0.25) is 0 Å². The molecule has 8 nitrogen and oxygen atoms in total. The summed E-state index contributed by atoms with van der Waals surface area (Å²) in [5.74, 6) is 0.489. The Bertz CT molecular complexity index is 853. The molecule has 2 aromatic rings. The Balaban J connectivity index is 1.77. The Morgan fingerprint density at radius 3 is 2.67 bits per heavy atom. The standard InChI is InChI=1S/C15H19N3O5S/c1-3-22-15(19)17-6-8-18(9-7-17)24(20,21)12-4-5-13-14(10-12)23-11(2)16-13/h4-5,10H,3,6-9H2,1-2H3. The highest BCUT2D eigenvalue weighted by molar-refractivity contribution is 7.89. The van der Waals surface area contributed by atoms with Gasteiger partial charge in [0.05, 0.1) is 11.5 Å². The van der Waals surface area contributed by atoms with Crippen LogP contribution >= 0.6 is 0 Å². The molecule has 1 saturated heterocycles. The van der Waals surface area contributed by atoms with E-state index in [1.165, 1.54) is 21.3 Å². The van der Waals surface area contributed by atoms with Crippen LogP contribution in [0.5, 0.6) is 0 Å².